The van der Waals surface area contributed by atoms with Crippen LogP contribution in [-0.2, 0) is 0 Å². The van der Waals surface area contributed by atoms with E-state index in [9.17, 15) is 18.9 Å². The number of rotatable bonds is 1. The van der Waals surface area contributed by atoms with E-state index in [1.54, 1.807) is 0 Å². The SMILES string of the molecule is Nc1c(F)c(F)cc(Br)c1[N+](=O)[O-]. The molecule has 0 aliphatic rings. The van der Waals surface area contributed by atoms with Gasteiger partial charge >= 0.3 is 5.69 Å². The third kappa shape index (κ3) is 1.59. The van der Waals surface area contributed by atoms with Crippen molar-refractivity contribution in [3.63, 3.8) is 0 Å². The third-order valence-corrected chi connectivity index (χ3v) is 1.97. The number of hydrogen-bond donors (Lipinski definition) is 1. The molecule has 0 spiro atoms. The van der Waals surface area contributed by atoms with Gasteiger partial charge in [-0.3, -0.25) is 10.1 Å². The average molecular weight is 253 g/mol. The summed E-state index contributed by atoms with van der Waals surface area (Å²) in [6, 6.07) is 0.657. The van der Waals surface area contributed by atoms with Crippen LogP contribution in [0.15, 0.2) is 10.5 Å². The summed E-state index contributed by atoms with van der Waals surface area (Å²) < 4.78 is 25.1. The molecule has 0 atom stereocenters. The fourth-order valence-corrected chi connectivity index (χ4v) is 1.35. The van der Waals surface area contributed by atoms with Gasteiger partial charge in [0.1, 0.15) is 4.47 Å². The van der Waals surface area contributed by atoms with Gasteiger partial charge in [0.25, 0.3) is 0 Å². The molecule has 2 N–H and O–H groups in total. The van der Waals surface area contributed by atoms with E-state index in [0.717, 1.165) is 0 Å². The average Bonchev–Trinajstić information content (AvgIpc) is 1.99. The number of nitro benzene ring substituents is 1. The molecule has 70 valence electrons. The molecule has 0 bridgehead atoms. The van der Waals surface area contributed by atoms with E-state index < -0.39 is 27.9 Å². The molecule has 13 heavy (non-hydrogen) atoms. The Morgan fingerprint density at radius 2 is 2.08 bits per heavy atom. The lowest BCUT2D eigenvalue weighted by atomic mass is 10.2. The Hall–Kier alpha value is -1.24. The minimum atomic E-state index is -1.41. The molecule has 0 aromatic heterocycles. The van der Waals surface area contributed by atoms with Gasteiger partial charge in [-0.2, -0.15) is 0 Å². The van der Waals surface area contributed by atoms with Crippen LogP contribution in [-0.4, -0.2) is 4.92 Å². The predicted octanol–water partition coefficient (Wildman–Crippen LogP) is 2.22. The number of hydrogen-bond acceptors (Lipinski definition) is 3. The Kier molecular flexibility index (Phi) is 2.46. The highest BCUT2D eigenvalue weighted by atomic mass is 79.9. The fraction of sp³-hybridized carbons (Fsp3) is 0. The van der Waals surface area contributed by atoms with Crippen LogP contribution in [0.1, 0.15) is 0 Å². The van der Waals surface area contributed by atoms with Crippen molar-refractivity contribution in [2.75, 3.05) is 5.73 Å². The molecule has 0 saturated carbocycles. The summed E-state index contributed by atoms with van der Waals surface area (Å²) in [6.07, 6.45) is 0. The minimum absolute atomic E-state index is 0.186. The van der Waals surface area contributed by atoms with E-state index >= 15 is 0 Å². The van der Waals surface area contributed by atoms with Crippen LogP contribution in [0, 0.1) is 21.7 Å². The number of anilines is 1. The Morgan fingerprint density at radius 3 is 2.54 bits per heavy atom. The second-order valence-corrected chi connectivity index (χ2v) is 3.03. The van der Waals surface area contributed by atoms with Gasteiger partial charge in [0.15, 0.2) is 17.3 Å². The second-order valence-electron chi connectivity index (χ2n) is 2.17. The normalized spacial score (nSPS) is 10.1. The van der Waals surface area contributed by atoms with Crippen molar-refractivity contribution in [2.24, 2.45) is 0 Å². The van der Waals surface area contributed by atoms with Crippen LogP contribution in [0.4, 0.5) is 20.2 Å². The number of benzene rings is 1. The van der Waals surface area contributed by atoms with E-state index in [2.05, 4.69) is 15.9 Å². The molecule has 0 heterocycles. The monoisotopic (exact) mass is 252 g/mol. The maximum absolute atomic E-state index is 12.7. The smallest absolute Gasteiger partial charge is 0.309 e. The highest BCUT2D eigenvalue weighted by molar-refractivity contribution is 9.10. The Labute approximate surface area is 79.6 Å². The molecule has 0 saturated heterocycles. The Morgan fingerprint density at radius 1 is 1.54 bits per heavy atom. The van der Waals surface area contributed by atoms with Crippen molar-refractivity contribution < 1.29 is 13.7 Å². The van der Waals surface area contributed by atoms with Crippen LogP contribution in [0.2, 0.25) is 0 Å². The minimum Gasteiger partial charge on any atom is -0.391 e. The van der Waals surface area contributed by atoms with E-state index in [1.807, 2.05) is 0 Å². The van der Waals surface area contributed by atoms with E-state index in [4.69, 9.17) is 5.73 Å². The van der Waals surface area contributed by atoms with Gasteiger partial charge in [0.05, 0.1) is 4.92 Å². The van der Waals surface area contributed by atoms with Gasteiger partial charge in [0, 0.05) is 0 Å². The summed E-state index contributed by atoms with van der Waals surface area (Å²) in [5, 5.41) is 10.3. The maximum atomic E-state index is 12.7. The zero-order valence-electron chi connectivity index (χ0n) is 6.05. The van der Waals surface area contributed by atoms with Crippen LogP contribution in [0.3, 0.4) is 0 Å². The highest BCUT2D eigenvalue weighted by Crippen LogP contribution is 2.34. The number of nitro groups is 1. The number of nitrogens with two attached hydrogens (primary N) is 1. The van der Waals surface area contributed by atoms with E-state index in [0.29, 0.717) is 6.07 Å². The van der Waals surface area contributed by atoms with E-state index in [-0.39, 0.29) is 4.47 Å². The second kappa shape index (κ2) is 3.25. The first-order valence-corrected chi connectivity index (χ1v) is 3.81. The lowest BCUT2D eigenvalue weighted by molar-refractivity contribution is -0.384. The quantitative estimate of drug-likeness (QED) is 0.361. The first kappa shape index (κ1) is 9.85. The number of nitrogen functional groups attached to an aromatic ring is 1. The summed E-state index contributed by atoms with van der Waals surface area (Å²) in [5.74, 6) is -2.63. The topological polar surface area (TPSA) is 69.2 Å². The standard InChI is InChI=1S/C6H3BrF2N2O2/c7-2-1-3(8)4(9)5(10)6(2)11(12)13/h1H,10H2. The molecule has 0 fully saturated rings. The lowest BCUT2D eigenvalue weighted by Crippen LogP contribution is -2.01. The molecule has 1 aromatic rings. The predicted molar refractivity (Wildman–Crippen MR) is 45.1 cm³/mol. The van der Waals surface area contributed by atoms with Gasteiger partial charge in [0.2, 0.25) is 0 Å². The van der Waals surface area contributed by atoms with Crippen molar-refractivity contribution in [3.8, 4) is 0 Å². The largest absolute Gasteiger partial charge is 0.391 e. The summed E-state index contributed by atoms with van der Waals surface area (Å²) >= 11 is 2.70. The van der Waals surface area contributed by atoms with Crippen LogP contribution < -0.4 is 5.73 Å². The third-order valence-electron chi connectivity index (χ3n) is 1.36. The summed E-state index contributed by atoms with van der Waals surface area (Å²) in [5.41, 5.74) is 3.52. The van der Waals surface area contributed by atoms with Crippen LogP contribution in [0.25, 0.3) is 0 Å². The molecule has 4 nitrogen and oxygen atoms in total. The number of nitrogens with zero attached hydrogens (tertiary/aromatic N) is 1. The molecule has 7 heteroatoms. The molecule has 0 radical (unpaired) electrons. The van der Waals surface area contributed by atoms with Gasteiger partial charge in [-0.15, -0.1) is 0 Å². The zero-order chi connectivity index (χ0) is 10.2. The van der Waals surface area contributed by atoms with Crippen LogP contribution >= 0.6 is 15.9 Å². The van der Waals surface area contributed by atoms with Gasteiger partial charge < -0.3 is 5.73 Å². The van der Waals surface area contributed by atoms with Crippen molar-refractivity contribution in [1.82, 2.24) is 0 Å². The maximum Gasteiger partial charge on any atom is 0.309 e. The van der Waals surface area contributed by atoms with Crippen molar-refractivity contribution in [2.45, 2.75) is 0 Å². The molecule has 0 unspecified atom stereocenters. The first-order chi connectivity index (χ1) is 5.95. The molecular formula is C6H3BrF2N2O2. The van der Waals surface area contributed by atoms with Crippen molar-refractivity contribution in [1.29, 1.82) is 0 Å². The first-order valence-electron chi connectivity index (χ1n) is 3.02. The molecule has 0 aliphatic carbocycles. The molecule has 1 aromatic carbocycles. The summed E-state index contributed by atoms with van der Waals surface area (Å²) in [7, 11) is 0. The van der Waals surface area contributed by atoms with Gasteiger partial charge in [-0.1, -0.05) is 0 Å². The Balaban J connectivity index is 3.53. The summed E-state index contributed by atoms with van der Waals surface area (Å²) in [4.78, 5) is 9.43. The Bertz CT molecular complexity index is 383. The molecule has 0 amide bonds. The number of halogens is 3. The van der Waals surface area contributed by atoms with Gasteiger partial charge in [-0.25, -0.2) is 8.78 Å². The molecule has 1 rings (SSSR count). The van der Waals surface area contributed by atoms with Crippen LogP contribution in [0.5, 0.6) is 0 Å². The molecule has 0 aliphatic heterocycles. The molecular weight excluding hydrogens is 250 g/mol. The summed E-state index contributed by atoms with van der Waals surface area (Å²) in [6.45, 7) is 0. The van der Waals surface area contributed by atoms with Crippen molar-refractivity contribution in [3.05, 3.63) is 32.3 Å². The zero-order valence-corrected chi connectivity index (χ0v) is 7.64. The fourth-order valence-electron chi connectivity index (χ4n) is 0.790. The van der Waals surface area contributed by atoms with E-state index in [1.165, 1.54) is 0 Å². The highest BCUT2D eigenvalue weighted by Gasteiger charge is 2.23. The lowest BCUT2D eigenvalue weighted by Gasteiger charge is -2.01. The van der Waals surface area contributed by atoms with Crippen molar-refractivity contribution >= 4 is 27.3 Å². The van der Waals surface area contributed by atoms with Gasteiger partial charge in [-0.05, 0) is 22.0 Å².